The summed E-state index contributed by atoms with van der Waals surface area (Å²) in [5.74, 6) is 0.175. The molecule has 9 heteroatoms. The molecule has 2 aromatic carbocycles. The first-order valence-electron chi connectivity index (χ1n) is 10.2. The predicted molar refractivity (Wildman–Crippen MR) is 129 cm³/mol. The molecule has 0 aliphatic rings. The normalized spacial score (nSPS) is 11.2. The van der Waals surface area contributed by atoms with Crippen molar-refractivity contribution in [2.75, 3.05) is 17.7 Å². The molecule has 32 heavy (non-hydrogen) atoms. The minimum atomic E-state index is -1.91. The third kappa shape index (κ3) is 5.17. The number of amides is 2. The maximum absolute atomic E-state index is 13.0. The molecular weight excluding hydrogens is 424 g/mol. The quantitative estimate of drug-likeness (QED) is 0.412. The summed E-state index contributed by atoms with van der Waals surface area (Å²) in [5, 5.41) is 12.0. The molecule has 8 nitrogen and oxygen atoms in total. The fourth-order valence-corrected chi connectivity index (χ4v) is 5.05. The van der Waals surface area contributed by atoms with Gasteiger partial charge in [0.15, 0.2) is 0 Å². The SMILES string of the molecule is COc1ccc(-c2c(NC(C)=O)ccc([Si](C)(C)C)c2NC(=O)Cc2c[nH][nH]c2=O)cc1. The lowest BCUT2D eigenvalue weighted by Crippen LogP contribution is -2.40. The first-order chi connectivity index (χ1) is 15.1. The summed E-state index contributed by atoms with van der Waals surface area (Å²) in [4.78, 5) is 36.7. The second kappa shape index (κ2) is 9.27. The topological polar surface area (TPSA) is 116 Å². The van der Waals surface area contributed by atoms with E-state index in [1.807, 2.05) is 36.4 Å². The van der Waals surface area contributed by atoms with Crippen molar-refractivity contribution in [3.05, 3.63) is 58.5 Å². The van der Waals surface area contributed by atoms with E-state index in [-0.39, 0.29) is 23.8 Å². The predicted octanol–water partition coefficient (Wildman–Crippen LogP) is 3.06. The fourth-order valence-electron chi connectivity index (χ4n) is 3.53. The number of hydrogen-bond acceptors (Lipinski definition) is 4. The van der Waals surface area contributed by atoms with Gasteiger partial charge in [0, 0.05) is 29.9 Å². The van der Waals surface area contributed by atoms with Gasteiger partial charge in [-0.2, -0.15) is 0 Å². The lowest BCUT2D eigenvalue weighted by molar-refractivity contribution is -0.116. The minimum absolute atomic E-state index is 0.0730. The van der Waals surface area contributed by atoms with Crippen LogP contribution in [0.3, 0.4) is 0 Å². The second-order valence-electron chi connectivity index (χ2n) is 8.56. The summed E-state index contributed by atoms with van der Waals surface area (Å²) < 4.78 is 5.27. The van der Waals surface area contributed by atoms with Gasteiger partial charge in [-0.15, -0.1) is 0 Å². The number of nitrogens with one attached hydrogen (secondary N) is 4. The zero-order valence-electron chi connectivity index (χ0n) is 18.9. The number of benzene rings is 2. The maximum Gasteiger partial charge on any atom is 0.267 e. The van der Waals surface area contributed by atoms with Gasteiger partial charge in [0.2, 0.25) is 11.8 Å². The zero-order valence-corrected chi connectivity index (χ0v) is 19.9. The molecule has 0 saturated carbocycles. The van der Waals surface area contributed by atoms with E-state index in [9.17, 15) is 14.4 Å². The monoisotopic (exact) mass is 452 g/mol. The highest BCUT2D eigenvalue weighted by Crippen LogP contribution is 2.36. The Hall–Kier alpha value is -3.59. The third-order valence-corrected chi connectivity index (χ3v) is 7.07. The number of carbonyl (C=O) groups is 2. The van der Waals surface area contributed by atoms with Gasteiger partial charge in [0.25, 0.3) is 5.56 Å². The van der Waals surface area contributed by atoms with E-state index >= 15 is 0 Å². The molecular formula is C23H28N4O4Si. The Labute approximate surface area is 187 Å². The number of aromatic nitrogens is 2. The molecule has 1 aromatic heterocycles. The molecule has 2 amide bonds. The van der Waals surface area contributed by atoms with Gasteiger partial charge in [0.05, 0.1) is 27.3 Å². The summed E-state index contributed by atoms with van der Waals surface area (Å²) in [6.07, 6.45) is 1.41. The zero-order chi connectivity index (χ0) is 23.5. The Morgan fingerprint density at radius 1 is 1.03 bits per heavy atom. The number of rotatable bonds is 7. The smallest absolute Gasteiger partial charge is 0.267 e. The molecule has 0 spiro atoms. The molecule has 168 valence electrons. The van der Waals surface area contributed by atoms with E-state index in [2.05, 4.69) is 40.5 Å². The number of carbonyl (C=O) groups excluding carboxylic acids is 2. The number of anilines is 2. The van der Waals surface area contributed by atoms with Crippen molar-refractivity contribution in [1.82, 2.24) is 10.2 Å². The van der Waals surface area contributed by atoms with Gasteiger partial charge in [-0.1, -0.05) is 37.8 Å². The van der Waals surface area contributed by atoms with E-state index in [1.54, 1.807) is 7.11 Å². The van der Waals surface area contributed by atoms with Crippen molar-refractivity contribution in [3.8, 4) is 16.9 Å². The summed E-state index contributed by atoms with van der Waals surface area (Å²) in [7, 11) is -0.311. The Balaban J connectivity index is 2.17. The van der Waals surface area contributed by atoms with Gasteiger partial charge in [-0.25, -0.2) is 0 Å². The van der Waals surface area contributed by atoms with Crippen LogP contribution in [0.15, 0.2) is 47.4 Å². The van der Waals surface area contributed by atoms with Crippen LogP contribution < -0.4 is 26.1 Å². The van der Waals surface area contributed by atoms with Crippen LogP contribution in [0.4, 0.5) is 11.4 Å². The van der Waals surface area contributed by atoms with Gasteiger partial charge < -0.3 is 20.5 Å². The van der Waals surface area contributed by atoms with E-state index in [4.69, 9.17) is 4.74 Å². The van der Waals surface area contributed by atoms with Crippen molar-refractivity contribution in [1.29, 1.82) is 0 Å². The van der Waals surface area contributed by atoms with Crippen molar-refractivity contribution in [2.24, 2.45) is 0 Å². The summed E-state index contributed by atoms with van der Waals surface area (Å²) in [6, 6.07) is 11.3. The molecule has 3 aromatic rings. The molecule has 0 bridgehead atoms. The molecule has 0 aliphatic carbocycles. The van der Waals surface area contributed by atoms with Crippen LogP contribution in [0.5, 0.6) is 5.75 Å². The van der Waals surface area contributed by atoms with E-state index in [1.165, 1.54) is 13.1 Å². The van der Waals surface area contributed by atoms with Crippen molar-refractivity contribution in [2.45, 2.75) is 33.0 Å². The average Bonchev–Trinajstić information content (AvgIpc) is 3.11. The molecule has 1 heterocycles. The van der Waals surface area contributed by atoms with Crippen LogP contribution in [-0.2, 0) is 16.0 Å². The third-order valence-electron chi connectivity index (χ3n) is 5.04. The number of H-pyrrole nitrogens is 2. The molecule has 0 saturated heterocycles. The van der Waals surface area contributed by atoms with Crippen molar-refractivity contribution < 1.29 is 14.3 Å². The van der Waals surface area contributed by atoms with Crippen molar-refractivity contribution in [3.63, 3.8) is 0 Å². The first kappa shape index (κ1) is 23.1. The summed E-state index contributed by atoms with van der Waals surface area (Å²) >= 11 is 0. The highest BCUT2D eigenvalue weighted by molar-refractivity contribution is 6.90. The number of aromatic amines is 2. The number of ether oxygens (including phenoxy) is 1. The minimum Gasteiger partial charge on any atom is -0.497 e. The van der Waals surface area contributed by atoms with E-state index in [0.717, 1.165) is 16.3 Å². The molecule has 0 radical (unpaired) electrons. The summed E-state index contributed by atoms with van der Waals surface area (Å²) in [5.41, 5.74) is 2.81. The standard InChI is InChI=1S/C23H28N4O4Si/c1-14(28)25-18-10-11-19(32(3,4)5)22(21(18)15-6-8-17(31-2)9-7-15)26-20(29)12-16-13-24-27-23(16)30/h6-11,13H,12H2,1-5H3,(H,25,28)(H,26,29)(H2,24,27,30). The highest BCUT2D eigenvalue weighted by Gasteiger charge is 2.26. The molecule has 0 atom stereocenters. The molecule has 4 N–H and O–H groups in total. The Morgan fingerprint density at radius 2 is 1.72 bits per heavy atom. The van der Waals surface area contributed by atoms with Gasteiger partial charge in [-0.3, -0.25) is 19.5 Å². The van der Waals surface area contributed by atoms with Crippen LogP contribution in [0, 0.1) is 0 Å². The number of methoxy groups -OCH3 is 1. The summed E-state index contributed by atoms with van der Waals surface area (Å²) in [6.45, 7) is 8.00. The first-order valence-corrected chi connectivity index (χ1v) is 13.7. The molecule has 0 aliphatic heterocycles. The Morgan fingerprint density at radius 3 is 2.25 bits per heavy atom. The Kier molecular flexibility index (Phi) is 6.68. The lowest BCUT2D eigenvalue weighted by atomic mass is 10.0. The largest absolute Gasteiger partial charge is 0.497 e. The van der Waals surface area contributed by atoms with Gasteiger partial charge >= 0.3 is 0 Å². The maximum atomic E-state index is 13.0. The van der Waals surface area contributed by atoms with Crippen LogP contribution in [0.2, 0.25) is 19.6 Å². The molecule has 0 fully saturated rings. The second-order valence-corrected chi connectivity index (χ2v) is 13.6. The van der Waals surface area contributed by atoms with Gasteiger partial charge in [-0.05, 0) is 28.9 Å². The fraction of sp³-hybridized carbons (Fsp3) is 0.261. The van der Waals surface area contributed by atoms with E-state index < -0.39 is 8.07 Å². The lowest BCUT2D eigenvalue weighted by Gasteiger charge is -2.26. The van der Waals surface area contributed by atoms with Crippen LogP contribution in [-0.4, -0.2) is 37.2 Å². The number of hydrogen-bond donors (Lipinski definition) is 4. The highest BCUT2D eigenvalue weighted by atomic mass is 28.3. The van der Waals surface area contributed by atoms with Crippen LogP contribution in [0.1, 0.15) is 12.5 Å². The Bertz CT molecular complexity index is 1190. The molecule has 3 rings (SSSR count). The molecule has 0 unspecified atom stereocenters. The average molecular weight is 453 g/mol. The van der Waals surface area contributed by atoms with Crippen molar-refractivity contribution >= 4 is 36.4 Å². The van der Waals surface area contributed by atoms with E-state index in [0.29, 0.717) is 22.7 Å². The van der Waals surface area contributed by atoms with Gasteiger partial charge in [0.1, 0.15) is 5.75 Å². The van der Waals surface area contributed by atoms with Crippen LogP contribution >= 0.6 is 0 Å². The van der Waals surface area contributed by atoms with Crippen LogP contribution in [0.25, 0.3) is 11.1 Å².